The maximum absolute atomic E-state index is 11.8. The second-order valence-electron chi connectivity index (χ2n) is 4.85. The Morgan fingerprint density at radius 1 is 1.33 bits per heavy atom. The molecule has 0 aliphatic heterocycles. The first-order valence-corrected chi connectivity index (χ1v) is 7.52. The van der Waals surface area contributed by atoms with Crippen LogP contribution in [-0.2, 0) is 4.74 Å². The molecule has 0 saturated heterocycles. The number of ether oxygens (including phenoxy) is 2. The minimum Gasteiger partial charge on any atom is -0.507 e. The zero-order valence-electron chi connectivity index (χ0n) is 12.1. The van der Waals surface area contributed by atoms with Crippen LogP contribution in [0.4, 0.5) is 0 Å². The molecule has 1 N–H and O–H groups in total. The first-order chi connectivity index (χ1) is 9.93. The third kappa shape index (κ3) is 3.29. The monoisotopic (exact) mass is 352 g/mol. The number of hydrogen-bond donors (Lipinski definition) is 1. The Hall–Kier alpha value is -1.75. The smallest absolute Gasteiger partial charge is 0.338 e. The molecule has 0 unspecified atom stereocenters. The number of benzene rings is 2. The molecule has 0 atom stereocenters. The van der Waals surface area contributed by atoms with Gasteiger partial charge in [0.2, 0.25) is 0 Å². The number of carbonyl (C=O) groups is 1. The van der Waals surface area contributed by atoms with Gasteiger partial charge in [0.15, 0.2) is 0 Å². The summed E-state index contributed by atoms with van der Waals surface area (Å²) in [5.41, 5.74) is 0.309. The molecule has 0 radical (unpaired) electrons. The number of fused-ring (bicyclic) bond motifs is 1. The maximum Gasteiger partial charge on any atom is 0.338 e. The van der Waals surface area contributed by atoms with Crippen molar-refractivity contribution in [2.45, 2.75) is 26.9 Å². The van der Waals surface area contributed by atoms with Crippen molar-refractivity contribution in [3.63, 3.8) is 0 Å². The van der Waals surface area contributed by atoms with Gasteiger partial charge in [-0.3, -0.25) is 0 Å². The van der Waals surface area contributed by atoms with Crippen LogP contribution in [0.1, 0.15) is 31.1 Å². The molecule has 0 amide bonds. The van der Waals surface area contributed by atoms with Gasteiger partial charge in [-0.25, -0.2) is 4.79 Å². The van der Waals surface area contributed by atoms with E-state index >= 15 is 0 Å². The van der Waals surface area contributed by atoms with Crippen LogP contribution in [0.5, 0.6) is 11.5 Å². The van der Waals surface area contributed by atoms with E-state index in [0.717, 1.165) is 4.47 Å². The molecule has 0 aliphatic rings. The average molecular weight is 353 g/mol. The normalized spacial score (nSPS) is 10.9. The highest BCUT2D eigenvalue weighted by Gasteiger charge is 2.16. The Labute approximate surface area is 131 Å². The van der Waals surface area contributed by atoms with Crippen molar-refractivity contribution in [1.82, 2.24) is 0 Å². The molecule has 2 aromatic rings. The minimum absolute atomic E-state index is 0.00694. The highest BCUT2D eigenvalue weighted by molar-refractivity contribution is 9.10. The predicted octanol–water partition coefficient (Wildman–Crippen LogP) is 4.27. The van der Waals surface area contributed by atoms with Crippen LogP contribution in [0, 0.1) is 0 Å². The van der Waals surface area contributed by atoms with Crippen molar-refractivity contribution in [3.05, 3.63) is 34.3 Å². The largest absolute Gasteiger partial charge is 0.507 e. The number of rotatable bonds is 4. The molecule has 2 rings (SSSR count). The van der Waals surface area contributed by atoms with Crippen LogP contribution in [0.2, 0.25) is 0 Å². The zero-order chi connectivity index (χ0) is 15.6. The third-order valence-corrected chi connectivity index (χ3v) is 3.57. The second-order valence-corrected chi connectivity index (χ2v) is 5.70. The highest BCUT2D eigenvalue weighted by atomic mass is 79.9. The van der Waals surface area contributed by atoms with Gasteiger partial charge in [0.1, 0.15) is 11.5 Å². The molecular weight excluding hydrogens is 336 g/mol. The van der Waals surface area contributed by atoms with E-state index < -0.39 is 5.97 Å². The fourth-order valence-electron chi connectivity index (χ4n) is 2.08. The van der Waals surface area contributed by atoms with Gasteiger partial charge in [0.25, 0.3) is 0 Å². The van der Waals surface area contributed by atoms with Gasteiger partial charge >= 0.3 is 5.97 Å². The Kier molecular flexibility index (Phi) is 4.73. The molecule has 0 spiro atoms. The summed E-state index contributed by atoms with van der Waals surface area (Å²) in [6.45, 7) is 5.86. The molecule has 0 fully saturated rings. The molecule has 0 bridgehead atoms. The maximum atomic E-state index is 11.8. The van der Waals surface area contributed by atoms with E-state index in [9.17, 15) is 9.90 Å². The Morgan fingerprint density at radius 3 is 2.67 bits per heavy atom. The first-order valence-electron chi connectivity index (χ1n) is 6.73. The Morgan fingerprint density at radius 2 is 2.05 bits per heavy atom. The topological polar surface area (TPSA) is 55.8 Å². The lowest BCUT2D eigenvalue weighted by molar-refractivity contribution is 0.0526. The van der Waals surface area contributed by atoms with Gasteiger partial charge in [-0.15, -0.1) is 0 Å². The van der Waals surface area contributed by atoms with Gasteiger partial charge in [0, 0.05) is 9.86 Å². The van der Waals surface area contributed by atoms with E-state index in [1.54, 1.807) is 19.1 Å². The molecule has 112 valence electrons. The first kappa shape index (κ1) is 15.6. The van der Waals surface area contributed by atoms with Crippen LogP contribution in [0.15, 0.2) is 28.7 Å². The number of carbonyl (C=O) groups excluding carboxylic acids is 1. The molecule has 4 nitrogen and oxygen atoms in total. The van der Waals surface area contributed by atoms with Crippen LogP contribution in [-0.4, -0.2) is 23.8 Å². The predicted molar refractivity (Wildman–Crippen MR) is 85.0 cm³/mol. The quantitative estimate of drug-likeness (QED) is 0.834. The number of esters is 1. The summed E-state index contributed by atoms with van der Waals surface area (Å²) in [4.78, 5) is 11.8. The lowest BCUT2D eigenvalue weighted by Crippen LogP contribution is -2.07. The summed E-state index contributed by atoms with van der Waals surface area (Å²) in [6.07, 6.45) is -0.0153. The number of halogens is 1. The van der Waals surface area contributed by atoms with Crippen LogP contribution in [0.25, 0.3) is 10.8 Å². The molecule has 0 aromatic heterocycles. The van der Waals surface area contributed by atoms with Gasteiger partial charge < -0.3 is 14.6 Å². The lowest BCUT2D eigenvalue weighted by Gasteiger charge is -2.15. The summed E-state index contributed by atoms with van der Waals surface area (Å²) in [7, 11) is 0. The van der Waals surface area contributed by atoms with E-state index in [2.05, 4.69) is 15.9 Å². The van der Waals surface area contributed by atoms with E-state index in [4.69, 9.17) is 9.47 Å². The average Bonchev–Trinajstić information content (AvgIpc) is 2.41. The van der Waals surface area contributed by atoms with Crippen molar-refractivity contribution >= 4 is 32.7 Å². The SMILES string of the molecule is CCOC(=O)c1cc(O)c2c(OC(C)C)ccc(Br)c2c1. The van der Waals surface area contributed by atoms with E-state index in [1.807, 2.05) is 19.9 Å². The number of aromatic hydroxyl groups is 1. The van der Waals surface area contributed by atoms with Crippen LogP contribution < -0.4 is 4.74 Å². The van der Waals surface area contributed by atoms with Gasteiger partial charge in [-0.2, -0.15) is 0 Å². The molecule has 5 heteroatoms. The fraction of sp³-hybridized carbons (Fsp3) is 0.312. The van der Waals surface area contributed by atoms with E-state index in [-0.39, 0.29) is 18.5 Å². The molecule has 0 heterocycles. The third-order valence-electron chi connectivity index (χ3n) is 2.88. The van der Waals surface area contributed by atoms with E-state index in [0.29, 0.717) is 22.1 Å². The van der Waals surface area contributed by atoms with Crippen LogP contribution in [0.3, 0.4) is 0 Å². The summed E-state index contributed by atoms with van der Waals surface area (Å²) in [5, 5.41) is 11.6. The standard InChI is InChI=1S/C16H17BrO4/c1-4-20-16(19)10-7-11-12(17)5-6-14(21-9(2)3)15(11)13(18)8-10/h5-9,18H,4H2,1-3H3. The number of hydrogen-bond acceptors (Lipinski definition) is 4. The molecular formula is C16H17BrO4. The Balaban J connectivity index is 2.64. The van der Waals surface area contributed by atoms with Crippen molar-refractivity contribution in [1.29, 1.82) is 0 Å². The highest BCUT2D eigenvalue weighted by Crippen LogP contribution is 2.39. The summed E-state index contributed by atoms with van der Waals surface area (Å²) < 4.78 is 11.5. The molecule has 0 saturated carbocycles. The summed E-state index contributed by atoms with van der Waals surface area (Å²) >= 11 is 3.43. The molecule has 0 aliphatic carbocycles. The fourth-order valence-corrected chi connectivity index (χ4v) is 2.53. The van der Waals surface area contributed by atoms with E-state index in [1.165, 1.54) is 6.07 Å². The van der Waals surface area contributed by atoms with Gasteiger partial charge in [0.05, 0.1) is 23.7 Å². The van der Waals surface area contributed by atoms with Gasteiger partial charge in [-0.1, -0.05) is 15.9 Å². The van der Waals surface area contributed by atoms with Crippen molar-refractivity contribution in [2.75, 3.05) is 6.61 Å². The van der Waals surface area contributed by atoms with Crippen LogP contribution >= 0.6 is 15.9 Å². The summed E-state index contributed by atoms with van der Waals surface area (Å²) in [5.74, 6) is 0.111. The molecule has 2 aromatic carbocycles. The minimum atomic E-state index is -0.461. The molecule has 21 heavy (non-hydrogen) atoms. The zero-order valence-corrected chi connectivity index (χ0v) is 13.7. The van der Waals surface area contributed by atoms with Crippen molar-refractivity contribution in [2.24, 2.45) is 0 Å². The summed E-state index contributed by atoms with van der Waals surface area (Å²) in [6, 6.07) is 6.70. The van der Waals surface area contributed by atoms with Crippen molar-refractivity contribution < 1.29 is 19.4 Å². The van der Waals surface area contributed by atoms with Gasteiger partial charge in [-0.05, 0) is 45.0 Å². The van der Waals surface area contributed by atoms with Crippen molar-refractivity contribution in [3.8, 4) is 11.5 Å². The lowest BCUT2D eigenvalue weighted by atomic mass is 10.0. The number of phenolic OH excluding ortho intramolecular Hbond substituents is 1. The Bertz CT molecular complexity index is 680. The second kappa shape index (κ2) is 6.35. The number of phenols is 1.